The van der Waals surface area contributed by atoms with E-state index < -0.39 is 0 Å². The lowest BCUT2D eigenvalue weighted by Crippen LogP contribution is -2.35. The minimum Gasteiger partial charge on any atom is -0.396 e. The Balaban J connectivity index is 2.78. The Morgan fingerprint density at radius 3 is 2.53 bits per heavy atom. The van der Waals surface area contributed by atoms with Crippen LogP contribution in [0.1, 0.15) is 27.2 Å². The van der Waals surface area contributed by atoms with Crippen LogP contribution in [-0.2, 0) is 0 Å². The van der Waals surface area contributed by atoms with Gasteiger partial charge in [0.2, 0.25) is 0 Å². The standard InChI is InChI=1S/C12H22N4O/c1-12(2,3)9(7-8-17)14-10-5-4-6-11(15-10)16-13/h4-6,9,17H,7-8,13H2,1-3H3,(H2,14,15,16). The second-order valence-corrected chi connectivity index (χ2v) is 5.13. The average molecular weight is 238 g/mol. The minimum absolute atomic E-state index is 0.0521. The van der Waals surface area contributed by atoms with Gasteiger partial charge in [-0.25, -0.2) is 10.8 Å². The van der Waals surface area contributed by atoms with Crippen molar-refractivity contribution in [1.29, 1.82) is 0 Å². The van der Waals surface area contributed by atoms with Gasteiger partial charge in [0.05, 0.1) is 0 Å². The van der Waals surface area contributed by atoms with Crippen LogP contribution in [0.25, 0.3) is 0 Å². The van der Waals surface area contributed by atoms with Gasteiger partial charge in [-0.1, -0.05) is 26.8 Å². The molecule has 0 aromatic carbocycles. The number of aliphatic hydroxyl groups is 1. The molecule has 1 atom stereocenters. The number of rotatable bonds is 5. The molecule has 0 aliphatic heterocycles. The second kappa shape index (κ2) is 5.84. The zero-order valence-corrected chi connectivity index (χ0v) is 10.7. The molecule has 0 bridgehead atoms. The molecule has 5 heteroatoms. The molecule has 0 spiro atoms. The summed E-state index contributed by atoms with van der Waals surface area (Å²) in [5.74, 6) is 6.69. The number of pyridine rings is 1. The van der Waals surface area contributed by atoms with Gasteiger partial charge in [0.15, 0.2) is 0 Å². The van der Waals surface area contributed by atoms with Gasteiger partial charge in [0.1, 0.15) is 11.6 Å². The van der Waals surface area contributed by atoms with Crippen molar-refractivity contribution in [2.24, 2.45) is 11.3 Å². The number of nitrogens with two attached hydrogens (primary N) is 1. The van der Waals surface area contributed by atoms with E-state index in [1.54, 1.807) is 6.07 Å². The van der Waals surface area contributed by atoms with Crippen molar-refractivity contribution in [3.8, 4) is 0 Å². The van der Waals surface area contributed by atoms with Crippen molar-refractivity contribution in [2.75, 3.05) is 17.3 Å². The molecule has 1 rings (SSSR count). The van der Waals surface area contributed by atoms with Gasteiger partial charge in [-0.05, 0) is 24.0 Å². The highest BCUT2D eigenvalue weighted by atomic mass is 16.3. The molecular formula is C12H22N4O. The molecular weight excluding hydrogens is 216 g/mol. The number of anilines is 2. The molecule has 1 unspecified atom stereocenters. The monoisotopic (exact) mass is 238 g/mol. The first-order valence-corrected chi connectivity index (χ1v) is 5.78. The normalized spacial score (nSPS) is 13.2. The summed E-state index contributed by atoms with van der Waals surface area (Å²) < 4.78 is 0. The zero-order chi connectivity index (χ0) is 12.9. The molecule has 0 saturated carbocycles. The molecule has 0 fully saturated rings. The van der Waals surface area contributed by atoms with E-state index >= 15 is 0 Å². The maximum Gasteiger partial charge on any atom is 0.142 e. The molecule has 0 saturated heterocycles. The topological polar surface area (TPSA) is 83.2 Å². The van der Waals surface area contributed by atoms with Crippen LogP contribution in [0, 0.1) is 5.41 Å². The third kappa shape index (κ3) is 4.20. The fourth-order valence-electron chi connectivity index (χ4n) is 1.62. The van der Waals surface area contributed by atoms with E-state index in [-0.39, 0.29) is 18.1 Å². The first-order valence-electron chi connectivity index (χ1n) is 5.78. The van der Waals surface area contributed by atoms with Crippen LogP contribution in [0.4, 0.5) is 11.6 Å². The summed E-state index contributed by atoms with van der Waals surface area (Å²) in [6.07, 6.45) is 0.686. The molecule has 0 aliphatic carbocycles. The summed E-state index contributed by atoms with van der Waals surface area (Å²) in [6.45, 7) is 6.55. The summed E-state index contributed by atoms with van der Waals surface area (Å²) in [5, 5.41) is 12.4. The van der Waals surface area contributed by atoms with Crippen LogP contribution in [0.2, 0.25) is 0 Å². The van der Waals surface area contributed by atoms with Gasteiger partial charge < -0.3 is 15.8 Å². The van der Waals surface area contributed by atoms with E-state index in [0.29, 0.717) is 12.2 Å². The fourth-order valence-corrected chi connectivity index (χ4v) is 1.62. The Morgan fingerprint density at radius 2 is 2.00 bits per heavy atom. The fraction of sp³-hybridized carbons (Fsp3) is 0.583. The summed E-state index contributed by atoms with van der Waals surface area (Å²) in [7, 11) is 0. The number of aromatic nitrogens is 1. The third-order valence-electron chi connectivity index (χ3n) is 2.68. The maximum absolute atomic E-state index is 9.09. The quantitative estimate of drug-likeness (QED) is 0.462. The van der Waals surface area contributed by atoms with Crippen molar-refractivity contribution in [2.45, 2.75) is 33.2 Å². The van der Waals surface area contributed by atoms with Gasteiger partial charge in [-0.15, -0.1) is 0 Å². The highest BCUT2D eigenvalue weighted by Crippen LogP contribution is 2.25. The molecule has 1 heterocycles. The van der Waals surface area contributed by atoms with Crippen molar-refractivity contribution in [3.63, 3.8) is 0 Å². The van der Waals surface area contributed by atoms with Gasteiger partial charge in [-0.2, -0.15) is 0 Å². The van der Waals surface area contributed by atoms with E-state index in [0.717, 1.165) is 5.82 Å². The van der Waals surface area contributed by atoms with Crippen LogP contribution < -0.4 is 16.6 Å². The predicted octanol–water partition coefficient (Wildman–Crippen LogP) is 1.58. The Kier molecular flexibility index (Phi) is 4.72. The summed E-state index contributed by atoms with van der Waals surface area (Å²) in [4.78, 5) is 4.30. The highest BCUT2D eigenvalue weighted by molar-refractivity contribution is 5.45. The van der Waals surface area contributed by atoms with Gasteiger partial charge in [-0.3, -0.25) is 0 Å². The molecule has 1 aromatic rings. The van der Waals surface area contributed by atoms with Crippen molar-refractivity contribution in [3.05, 3.63) is 18.2 Å². The lowest BCUT2D eigenvalue weighted by atomic mass is 9.85. The second-order valence-electron chi connectivity index (χ2n) is 5.13. The lowest BCUT2D eigenvalue weighted by Gasteiger charge is -2.31. The molecule has 0 aliphatic rings. The number of nitrogens with one attached hydrogen (secondary N) is 2. The molecule has 1 aromatic heterocycles. The lowest BCUT2D eigenvalue weighted by molar-refractivity contribution is 0.235. The molecule has 0 amide bonds. The highest BCUT2D eigenvalue weighted by Gasteiger charge is 2.24. The third-order valence-corrected chi connectivity index (χ3v) is 2.68. The SMILES string of the molecule is CC(C)(C)C(CCO)Nc1cccc(NN)n1. The average Bonchev–Trinajstić information content (AvgIpc) is 2.27. The summed E-state index contributed by atoms with van der Waals surface area (Å²) in [6, 6.07) is 5.72. The van der Waals surface area contributed by atoms with Crippen LogP contribution in [0.15, 0.2) is 18.2 Å². The van der Waals surface area contributed by atoms with Crippen LogP contribution in [-0.4, -0.2) is 22.7 Å². The predicted molar refractivity (Wildman–Crippen MR) is 70.6 cm³/mol. The van der Waals surface area contributed by atoms with Crippen LogP contribution in [0.5, 0.6) is 0 Å². The number of nitrogen functional groups attached to an aromatic ring is 1. The number of hydrogen-bond acceptors (Lipinski definition) is 5. The van der Waals surface area contributed by atoms with E-state index in [2.05, 4.69) is 36.5 Å². The van der Waals surface area contributed by atoms with Crippen LogP contribution in [0.3, 0.4) is 0 Å². The number of nitrogens with zero attached hydrogens (tertiary/aromatic N) is 1. The number of aliphatic hydroxyl groups excluding tert-OH is 1. The molecule has 0 radical (unpaired) electrons. The number of hydrogen-bond donors (Lipinski definition) is 4. The smallest absolute Gasteiger partial charge is 0.142 e. The summed E-state index contributed by atoms with van der Waals surface area (Å²) in [5.41, 5.74) is 2.56. The van der Waals surface area contributed by atoms with Crippen molar-refractivity contribution >= 4 is 11.6 Å². The Labute approximate surface area is 102 Å². The van der Waals surface area contributed by atoms with Crippen molar-refractivity contribution < 1.29 is 5.11 Å². The van der Waals surface area contributed by atoms with Crippen LogP contribution >= 0.6 is 0 Å². The molecule has 17 heavy (non-hydrogen) atoms. The molecule has 5 nitrogen and oxygen atoms in total. The Bertz CT molecular complexity index is 349. The van der Waals surface area contributed by atoms with E-state index in [9.17, 15) is 0 Å². The first-order chi connectivity index (χ1) is 7.97. The van der Waals surface area contributed by atoms with Gasteiger partial charge in [0.25, 0.3) is 0 Å². The van der Waals surface area contributed by atoms with Gasteiger partial charge in [0, 0.05) is 12.6 Å². The van der Waals surface area contributed by atoms with Crippen molar-refractivity contribution in [1.82, 2.24) is 4.98 Å². The molecule has 96 valence electrons. The number of hydrazine groups is 1. The van der Waals surface area contributed by atoms with E-state index in [1.165, 1.54) is 0 Å². The Morgan fingerprint density at radius 1 is 1.35 bits per heavy atom. The van der Waals surface area contributed by atoms with E-state index in [4.69, 9.17) is 10.9 Å². The van der Waals surface area contributed by atoms with Gasteiger partial charge >= 0.3 is 0 Å². The minimum atomic E-state index is 0.0521. The van der Waals surface area contributed by atoms with E-state index in [1.807, 2.05) is 12.1 Å². The Hall–Kier alpha value is -1.33. The molecule has 5 N–H and O–H groups in total. The zero-order valence-electron chi connectivity index (χ0n) is 10.7. The summed E-state index contributed by atoms with van der Waals surface area (Å²) >= 11 is 0. The maximum atomic E-state index is 9.09. The first kappa shape index (κ1) is 13.7. The largest absolute Gasteiger partial charge is 0.396 e.